The minimum Gasteiger partial charge on any atom is -0.316 e. The molecular weight excluding hydrogens is 254 g/mol. The molecule has 5 nitrogen and oxygen atoms in total. The summed E-state index contributed by atoms with van der Waals surface area (Å²) in [4.78, 5) is 25.8. The summed E-state index contributed by atoms with van der Waals surface area (Å²) in [6.45, 7) is 2.03. The number of piperidine rings is 1. The average molecular weight is 275 g/mol. The predicted octanol–water partition coefficient (Wildman–Crippen LogP) is 0.627. The van der Waals surface area contributed by atoms with E-state index < -0.39 is 0 Å². The molecule has 108 valence electrons. The second-order valence-corrected chi connectivity index (χ2v) is 5.11. The molecule has 5 heteroatoms. The monoisotopic (exact) mass is 275 g/mol. The average Bonchev–Trinajstić information content (AvgIpc) is 2.48. The number of carbonyl (C=O) groups excluding carboxylic acids is 2. The van der Waals surface area contributed by atoms with Crippen LogP contribution < -0.4 is 10.6 Å². The molecule has 1 aromatic carbocycles. The van der Waals surface area contributed by atoms with Crippen LogP contribution in [-0.4, -0.2) is 49.4 Å². The summed E-state index contributed by atoms with van der Waals surface area (Å²) in [5.74, 6) is -0.576. The first-order valence-electron chi connectivity index (χ1n) is 6.98. The third-order valence-electron chi connectivity index (χ3n) is 3.57. The molecule has 0 aliphatic carbocycles. The number of nitrogens with one attached hydrogen (secondary N) is 2. The Balaban J connectivity index is 1.82. The number of likely N-dealkylation sites (tertiary alicyclic amines) is 1. The third-order valence-corrected chi connectivity index (χ3v) is 3.57. The van der Waals surface area contributed by atoms with Crippen molar-refractivity contribution in [1.29, 1.82) is 0 Å². The smallest absolute Gasteiger partial charge is 0.257 e. The molecule has 0 radical (unpaired) electrons. The van der Waals surface area contributed by atoms with Crippen molar-refractivity contribution in [2.24, 2.45) is 0 Å². The van der Waals surface area contributed by atoms with E-state index >= 15 is 0 Å². The Morgan fingerprint density at radius 1 is 1.30 bits per heavy atom. The molecule has 0 saturated carbocycles. The number of amides is 2. The first-order chi connectivity index (χ1) is 9.69. The van der Waals surface area contributed by atoms with E-state index in [0.29, 0.717) is 11.6 Å². The van der Waals surface area contributed by atoms with Crippen molar-refractivity contribution in [3.05, 3.63) is 35.9 Å². The fourth-order valence-corrected chi connectivity index (χ4v) is 2.47. The number of hydrogen-bond acceptors (Lipinski definition) is 4. The summed E-state index contributed by atoms with van der Waals surface area (Å²) in [7, 11) is 1.94. The Kier molecular flexibility index (Phi) is 5.26. The molecule has 1 aromatic rings. The van der Waals surface area contributed by atoms with Gasteiger partial charge >= 0.3 is 0 Å². The largest absolute Gasteiger partial charge is 0.316 e. The molecule has 0 spiro atoms. The highest BCUT2D eigenvalue weighted by atomic mass is 16.2. The number of likely N-dealkylation sites (N-methyl/N-ethyl adjacent to an activating group) is 1. The van der Waals surface area contributed by atoms with Gasteiger partial charge in [0.15, 0.2) is 0 Å². The van der Waals surface area contributed by atoms with Crippen molar-refractivity contribution < 1.29 is 9.59 Å². The molecule has 2 N–H and O–H groups in total. The van der Waals surface area contributed by atoms with E-state index in [0.717, 1.165) is 25.9 Å². The summed E-state index contributed by atoms with van der Waals surface area (Å²) in [5.41, 5.74) is 0.507. The van der Waals surface area contributed by atoms with Crippen LogP contribution >= 0.6 is 0 Å². The molecule has 0 aromatic heterocycles. The van der Waals surface area contributed by atoms with Gasteiger partial charge in [-0.1, -0.05) is 18.2 Å². The second kappa shape index (κ2) is 7.17. The second-order valence-electron chi connectivity index (χ2n) is 5.11. The number of benzene rings is 1. The highest BCUT2D eigenvalue weighted by molar-refractivity contribution is 6.05. The van der Waals surface area contributed by atoms with E-state index in [1.807, 2.05) is 13.1 Å². The normalized spacial score (nSPS) is 19.6. The molecule has 1 aliphatic heterocycles. The van der Waals surface area contributed by atoms with E-state index in [9.17, 15) is 9.59 Å². The predicted molar refractivity (Wildman–Crippen MR) is 77.4 cm³/mol. The molecule has 20 heavy (non-hydrogen) atoms. The van der Waals surface area contributed by atoms with Crippen LogP contribution in [-0.2, 0) is 4.79 Å². The quantitative estimate of drug-likeness (QED) is 0.846. The lowest BCUT2D eigenvalue weighted by Gasteiger charge is -2.31. The molecule has 1 fully saturated rings. The minimum atomic E-state index is -0.335. The minimum absolute atomic E-state index is 0.240. The SMILES string of the molecule is CNC1CCCN(CC(=O)NC(=O)c2ccccc2)C1. The van der Waals surface area contributed by atoms with Crippen LogP contribution in [0.4, 0.5) is 0 Å². The lowest BCUT2D eigenvalue weighted by atomic mass is 10.1. The maximum absolute atomic E-state index is 11.9. The Labute approximate surface area is 119 Å². The highest BCUT2D eigenvalue weighted by Crippen LogP contribution is 2.09. The van der Waals surface area contributed by atoms with Crippen LogP contribution in [0.25, 0.3) is 0 Å². The molecule has 1 unspecified atom stereocenters. The number of carbonyl (C=O) groups is 2. The summed E-state index contributed by atoms with van der Waals surface area (Å²) in [5, 5.41) is 5.67. The maximum Gasteiger partial charge on any atom is 0.257 e. The van der Waals surface area contributed by atoms with Gasteiger partial charge in [0.05, 0.1) is 6.54 Å². The molecule has 2 rings (SSSR count). The Morgan fingerprint density at radius 3 is 2.75 bits per heavy atom. The number of nitrogens with zero attached hydrogens (tertiary/aromatic N) is 1. The van der Waals surface area contributed by atoms with Crippen molar-refractivity contribution in [1.82, 2.24) is 15.5 Å². The van der Waals surface area contributed by atoms with Gasteiger partial charge in [-0.25, -0.2) is 0 Å². The lowest BCUT2D eigenvalue weighted by molar-refractivity contribution is -0.121. The van der Waals surface area contributed by atoms with Gasteiger partial charge in [0.2, 0.25) is 5.91 Å². The van der Waals surface area contributed by atoms with E-state index in [1.165, 1.54) is 0 Å². The molecule has 1 atom stereocenters. The summed E-state index contributed by atoms with van der Waals surface area (Å²) >= 11 is 0. The van der Waals surface area contributed by atoms with Crippen LogP contribution in [0.2, 0.25) is 0 Å². The van der Waals surface area contributed by atoms with Gasteiger partial charge in [-0.15, -0.1) is 0 Å². The van der Waals surface area contributed by atoms with Crippen molar-refractivity contribution >= 4 is 11.8 Å². The lowest BCUT2D eigenvalue weighted by Crippen LogP contribution is -2.48. The molecule has 1 heterocycles. The number of hydrogen-bond donors (Lipinski definition) is 2. The summed E-state index contributed by atoms with van der Waals surface area (Å²) < 4.78 is 0. The van der Waals surface area contributed by atoms with Gasteiger partial charge in [0.25, 0.3) is 5.91 Å². The Bertz CT molecular complexity index is 461. The Morgan fingerprint density at radius 2 is 2.05 bits per heavy atom. The number of rotatable bonds is 4. The van der Waals surface area contributed by atoms with E-state index in [1.54, 1.807) is 24.3 Å². The van der Waals surface area contributed by atoms with Gasteiger partial charge in [-0.3, -0.25) is 19.8 Å². The fraction of sp³-hybridized carbons (Fsp3) is 0.467. The first-order valence-corrected chi connectivity index (χ1v) is 6.98. The van der Waals surface area contributed by atoms with Crippen molar-refractivity contribution in [2.45, 2.75) is 18.9 Å². The summed E-state index contributed by atoms with van der Waals surface area (Å²) in [6, 6.07) is 9.22. The van der Waals surface area contributed by atoms with Crippen molar-refractivity contribution in [3.63, 3.8) is 0 Å². The number of imide groups is 1. The zero-order valence-electron chi connectivity index (χ0n) is 11.8. The van der Waals surface area contributed by atoms with Gasteiger partial charge in [-0.05, 0) is 38.6 Å². The van der Waals surface area contributed by atoms with Crippen molar-refractivity contribution in [2.75, 3.05) is 26.7 Å². The van der Waals surface area contributed by atoms with Crippen LogP contribution in [0.5, 0.6) is 0 Å². The molecule has 1 saturated heterocycles. The van der Waals surface area contributed by atoms with Crippen LogP contribution in [0, 0.1) is 0 Å². The van der Waals surface area contributed by atoms with Crippen LogP contribution in [0.3, 0.4) is 0 Å². The maximum atomic E-state index is 11.9. The van der Waals surface area contributed by atoms with E-state index in [4.69, 9.17) is 0 Å². The third kappa shape index (κ3) is 4.15. The molecule has 1 aliphatic rings. The van der Waals surface area contributed by atoms with Gasteiger partial charge < -0.3 is 5.32 Å². The topological polar surface area (TPSA) is 61.4 Å². The standard InChI is InChI=1S/C15H21N3O2/c1-16-13-8-5-9-18(10-13)11-14(19)17-15(20)12-6-3-2-4-7-12/h2-4,6-7,13,16H,5,8-11H2,1H3,(H,17,19,20). The zero-order valence-corrected chi connectivity index (χ0v) is 11.8. The van der Waals surface area contributed by atoms with E-state index in [-0.39, 0.29) is 18.4 Å². The highest BCUT2D eigenvalue weighted by Gasteiger charge is 2.21. The Hall–Kier alpha value is -1.72. The van der Waals surface area contributed by atoms with Gasteiger partial charge in [0, 0.05) is 18.2 Å². The molecule has 0 bridgehead atoms. The molecular formula is C15H21N3O2. The zero-order chi connectivity index (χ0) is 14.4. The fourth-order valence-electron chi connectivity index (χ4n) is 2.47. The van der Waals surface area contributed by atoms with Gasteiger partial charge in [0.1, 0.15) is 0 Å². The van der Waals surface area contributed by atoms with Crippen LogP contribution in [0.15, 0.2) is 30.3 Å². The van der Waals surface area contributed by atoms with Crippen molar-refractivity contribution in [3.8, 4) is 0 Å². The molecule has 2 amide bonds. The van der Waals surface area contributed by atoms with E-state index in [2.05, 4.69) is 15.5 Å². The van der Waals surface area contributed by atoms with Gasteiger partial charge in [-0.2, -0.15) is 0 Å². The summed E-state index contributed by atoms with van der Waals surface area (Å²) in [6.07, 6.45) is 2.21. The first kappa shape index (κ1) is 14.7. The van der Waals surface area contributed by atoms with Crippen LogP contribution in [0.1, 0.15) is 23.2 Å².